The highest BCUT2D eigenvalue weighted by Gasteiger charge is 2.41. The van der Waals surface area contributed by atoms with Crippen LogP contribution in [0.4, 0.5) is 34.1 Å². The van der Waals surface area contributed by atoms with Crippen LogP contribution in [0.3, 0.4) is 0 Å². The third-order valence-electron chi connectivity index (χ3n) is 11.5. The number of aliphatic carboxylic acids is 1. The number of rotatable bonds is 7. The summed E-state index contributed by atoms with van der Waals surface area (Å²) in [6.07, 6.45) is -3.41. The number of likely N-dealkylation sites (tertiary alicyclic amines) is 3. The van der Waals surface area contributed by atoms with Crippen LogP contribution in [0.25, 0.3) is 0 Å². The van der Waals surface area contributed by atoms with Gasteiger partial charge in [-0.15, -0.1) is 0 Å². The van der Waals surface area contributed by atoms with Crippen LogP contribution >= 0.6 is 11.6 Å². The van der Waals surface area contributed by atoms with Gasteiger partial charge in [0.05, 0.1) is 21.7 Å². The summed E-state index contributed by atoms with van der Waals surface area (Å²) in [5.74, 6) is -1.32. The number of ether oxygens (including phenoxy) is 1. The summed E-state index contributed by atoms with van der Waals surface area (Å²) in [6.45, 7) is 4.75. The Morgan fingerprint density at radius 2 is 1.60 bits per heavy atom. The molecule has 288 valence electrons. The van der Waals surface area contributed by atoms with Gasteiger partial charge in [0.25, 0.3) is 5.91 Å². The first-order valence-electron chi connectivity index (χ1n) is 18.2. The van der Waals surface area contributed by atoms with Gasteiger partial charge in [-0.2, -0.15) is 13.2 Å². The Morgan fingerprint density at radius 1 is 0.981 bits per heavy atom. The summed E-state index contributed by atoms with van der Waals surface area (Å²) < 4.78 is 47.3. The number of fused-ring (bicyclic) bond motifs is 1. The van der Waals surface area contributed by atoms with Crippen molar-refractivity contribution in [1.29, 1.82) is 0 Å². The number of halogens is 4. The van der Waals surface area contributed by atoms with Crippen molar-refractivity contribution in [3.8, 4) is 0 Å². The molecular weight excluding hydrogens is 717 g/mol. The second-order valence-electron chi connectivity index (χ2n) is 14.8. The summed E-state index contributed by atoms with van der Waals surface area (Å²) in [5, 5.41) is 12.3. The van der Waals surface area contributed by atoms with E-state index >= 15 is 0 Å². The Morgan fingerprint density at radius 3 is 2.25 bits per heavy atom. The number of carbonyl (C=O) groups excluding carboxylic acids is 3. The molecule has 0 bridgehead atoms. The number of benzene rings is 2. The van der Waals surface area contributed by atoms with Gasteiger partial charge in [0.1, 0.15) is 0 Å². The van der Waals surface area contributed by atoms with Gasteiger partial charge in [0.15, 0.2) is 6.10 Å². The van der Waals surface area contributed by atoms with Crippen LogP contribution in [0.1, 0.15) is 62.1 Å². The Balaban J connectivity index is 1.11. The molecule has 4 aliphatic rings. The zero-order valence-corrected chi connectivity index (χ0v) is 30.4. The first-order valence-corrected chi connectivity index (χ1v) is 18.5. The summed E-state index contributed by atoms with van der Waals surface area (Å²) in [5.41, 5.74) is 4.99. The molecule has 3 fully saturated rings. The molecule has 2 aromatic carbocycles. The monoisotopic (exact) mass is 762 g/mol. The molecule has 0 aliphatic carbocycles. The fourth-order valence-corrected chi connectivity index (χ4v) is 8.21. The molecule has 53 heavy (non-hydrogen) atoms. The summed E-state index contributed by atoms with van der Waals surface area (Å²) in [4.78, 5) is 59.5. The molecule has 2 aromatic rings. The van der Waals surface area contributed by atoms with Crippen molar-refractivity contribution in [2.75, 3.05) is 56.9 Å². The number of carboxylic acid groups (broad SMARTS) is 1. The van der Waals surface area contributed by atoms with Gasteiger partial charge in [0, 0.05) is 56.9 Å². The van der Waals surface area contributed by atoms with Gasteiger partial charge in [-0.25, -0.2) is 9.59 Å². The number of carboxylic acids is 1. The number of urea groups is 1. The van der Waals surface area contributed by atoms with Gasteiger partial charge >= 0.3 is 24.3 Å². The zero-order valence-electron chi connectivity index (χ0n) is 29.7. The Hall–Kier alpha value is -4.24. The number of nitrogen functional groups attached to an aromatic ring is 1. The van der Waals surface area contributed by atoms with E-state index in [1.54, 1.807) is 16.7 Å². The number of nitrogens with one attached hydrogen (secondary N) is 1. The quantitative estimate of drug-likeness (QED) is 0.304. The average molecular weight is 763 g/mol. The molecule has 0 radical (unpaired) electrons. The average Bonchev–Trinajstić information content (AvgIpc) is 3.30. The number of para-hydroxylation sites is 1. The van der Waals surface area contributed by atoms with E-state index < -0.39 is 46.9 Å². The van der Waals surface area contributed by atoms with E-state index in [0.29, 0.717) is 77.7 Å². The predicted molar refractivity (Wildman–Crippen MR) is 191 cm³/mol. The largest absolute Gasteiger partial charge is 0.481 e. The fourth-order valence-electron chi connectivity index (χ4n) is 7.97. The number of carbonyl (C=O) groups is 4. The summed E-state index contributed by atoms with van der Waals surface area (Å²) >= 11 is 6.11. The van der Waals surface area contributed by atoms with E-state index in [0.717, 1.165) is 17.3 Å². The molecule has 4 heterocycles. The molecular formula is C37H46ClF3N6O6. The van der Waals surface area contributed by atoms with E-state index in [2.05, 4.69) is 10.2 Å². The van der Waals surface area contributed by atoms with Gasteiger partial charge < -0.3 is 40.5 Å². The smallest absolute Gasteiger partial charge is 0.418 e. The van der Waals surface area contributed by atoms with Crippen molar-refractivity contribution in [2.45, 2.75) is 82.7 Å². The maximum atomic E-state index is 14.0. The molecule has 0 unspecified atom stereocenters. The van der Waals surface area contributed by atoms with E-state index in [9.17, 15) is 37.5 Å². The highest BCUT2D eigenvalue weighted by molar-refractivity contribution is 6.33. The van der Waals surface area contributed by atoms with Crippen LogP contribution in [0, 0.1) is 5.41 Å². The second-order valence-corrected chi connectivity index (χ2v) is 15.2. The second kappa shape index (κ2) is 15.6. The minimum atomic E-state index is -4.80. The lowest BCUT2D eigenvalue weighted by molar-refractivity contribution is -0.151. The van der Waals surface area contributed by atoms with Crippen LogP contribution in [0.5, 0.6) is 0 Å². The number of hydrogen-bond donors (Lipinski definition) is 3. The minimum Gasteiger partial charge on any atom is -0.481 e. The highest BCUT2D eigenvalue weighted by Crippen LogP contribution is 2.39. The molecule has 0 spiro atoms. The van der Waals surface area contributed by atoms with Gasteiger partial charge in [-0.3, -0.25) is 9.59 Å². The van der Waals surface area contributed by atoms with E-state index in [4.69, 9.17) is 22.1 Å². The Bertz CT molecular complexity index is 1700. The third kappa shape index (κ3) is 8.61. The number of anilines is 2. The lowest BCUT2D eigenvalue weighted by Gasteiger charge is -2.44. The third-order valence-corrected chi connectivity index (χ3v) is 11.8. The zero-order chi connectivity index (χ0) is 38.1. The molecule has 4 amide bonds. The maximum absolute atomic E-state index is 14.0. The number of nitrogens with two attached hydrogens (primary N) is 1. The topological polar surface area (TPSA) is 149 Å². The van der Waals surface area contributed by atoms with Crippen LogP contribution in [-0.4, -0.2) is 113 Å². The van der Waals surface area contributed by atoms with Gasteiger partial charge in [-0.05, 0) is 94.3 Å². The lowest BCUT2D eigenvalue weighted by Crippen LogP contribution is -2.54. The molecule has 1 atom stereocenters. The number of piperidine rings is 3. The molecule has 16 heteroatoms. The fraction of sp³-hybridized carbons (Fsp3) is 0.568. The van der Waals surface area contributed by atoms with E-state index in [-0.39, 0.29) is 48.2 Å². The first-order chi connectivity index (χ1) is 25.1. The number of hydrogen-bond acceptors (Lipinski definition) is 7. The molecule has 4 N–H and O–H groups in total. The lowest BCUT2D eigenvalue weighted by atomic mass is 9.80. The van der Waals surface area contributed by atoms with Crippen molar-refractivity contribution < 1.29 is 42.2 Å². The molecule has 6 rings (SSSR count). The molecule has 12 nitrogen and oxygen atoms in total. The number of alkyl halides is 3. The minimum absolute atomic E-state index is 0.0410. The molecule has 0 aromatic heterocycles. The van der Waals surface area contributed by atoms with Crippen molar-refractivity contribution in [3.05, 3.63) is 58.1 Å². The van der Waals surface area contributed by atoms with Crippen molar-refractivity contribution in [2.24, 2.45) is 5.41 Å². The van der Waals surface area contributed by atoms with Crippen LogP contribution in [0.15, 0.2) is 36.4 Å². The SMILES string of the molecule is CC1(C(=O)O)CCN(C2CCN(C(=O)[C@@H](Cc3cc(Cl)c(N)c(C(F)(F)F)c3)OC(=O)N3CCC(N4CCc5ccccc5NC4=O)CC3)CC2)CC1. The molecule has 0 saturated carbocycles. The Kier molecular flexibility index (Phi) is 11.3. The Labute approximate surface area is 311 Å². The highest BCUT2D eigenvalue weighted by atomic mass is 35.5. The first kappa shape index (κ1) is 38.5. The van der Waals surface area contributed by atoms with Crippen LogP contribution in [0.2, 0.25) is 5.02 Å². The standard InChI is InChI=1S/C37H46ClF3N6O6/c1-36(33(49)50)11-18-44(19-12-36)25-7-13-45(14-8-25)32(48)30(22-23-20-27(37(39,40)41)31(42)28(38)21-23)53-35(52)46-15-9-26(10-16-46)47-17-6-24-4-2-3-5-29(24)43-34(47)51/h2-5,20-21,25-26,30H,6-19,22,42H2,1H3,(H,43,51)(H,49,50)/t30-/m1/s1. The molecule has 3 saturated heterocycles. The summed E-state index contributed by atoms with van der Waals surface area (Å²) in [6, 6.07) is 9.54. The van der Waals surface area contributed by atoms with Crippen molar-refractivity contribution in [3.63, 3.8) is 0 Å². The van der Waals surface area contributed by atoms with Gasteiger partial charge in [0.2, 0.25) is 0 Å². The normalized spacial score (nSPS) is 21.0. The summed E-state index contributed by atoms with van der Waals surface area (Å²) in [7, 11) is 0. The van der Waals surface area contributed by atoms with E-state index in [1.165, 1.54) is 11.0 Å². The van der Waals surface area contributed by atoms with Gasteiger partial charge in [-0.1, -0.05) is 29.8 Å². The predicted octanol–water partition coefficient (Wildman–Crippen LogP) is 5.72. The van der Waals surface area contributed by atoms with Crippen molar-refractivity contribution in [1.82, 2.24) is 19.6 Å². The number of amides is 4. The van der Waals surface area contributed by atoms with E-state index in [1.807, 2.05) is 24.3 Å². The number of nitrogens with zero attached hydrogens (tertiary/aromatic N) is 4. The van der Waals surface area contributed by atoms with Crippen LogP contribution < -0.4 is 11.1 Å². The van der Waals surface area contributed by atoms with Crippen molar-refractivity contribution >= 4 is 47.0 Å². The molecule has 4 aliphatic heterocycles. The van der Waals surface area contributed by atoms with Crippen LogP contribution in [-0.2, 0) is 33.3 Å². The maximum Gasteiger partial charge on any atom is 0.418 e.